The molecule has 1 saturated heterocycles. The van der Waals surface area contributed by atoms with Gasteiger partial charge in [0.1, 0.15) is 5.82 Å². The molecule has 3 rings (SSSR count). The number of hydrogen-bond donors (Lipinski definition) is 0. The van der Waals surface area contributed by atoms with Crippen molar-refractivity contribution in [1.82, 2.24) is 0 Å². The van der Waals surface area contributed by atoms with Gasteiger partial charge in [0.2, 0.25) is 0 Å². The smallest absolute Gasteiger partial charge is 0.399 e. The van der Waals surface area contributed by atoms with Crippen molar-refractivity contribution >= 4 is 23.4 Å². The number of hydrogen-bond acceptors (Lipinski definition) is 2. The fraction of sp³-hybridized carbons (Fsp3) is 0.368. The van der Waals surface area contributed by atoms with Crippen LogP contribution in [0.1, 0.15) is 39.7 Å². The first-order valence-corrected chi connectivity index (χ1v) is 7.86. The topological polar surface area (TPSA) is 18.5 Å². The average Bonchev–Trinajstić information content (AvgIpc) is 2.77. The first-order chi connectivity index (χ1) is 10.8. The van der Waals surface area contributed by atoms with E-state index in [0.29, 0.717) is 5.39 Å². The van der Waals surface area contributed by atoms with Crippen molar-refractivity contribution in [2.45, 2.75) is 45.3 Å². The van der Waals surface area contributed by atoms with Crippen molar-refractivity contribution in [3.63, 3.8) is 0 Å². The molecular weight excluding hydrogens is 290 g/mol. The fourth-order valence-electron chi connectivity index (χ4n) is 3.15. The molecule has 1 unspecified atom stereocenters. The SMILES string of the molecule is C#Cc1c(F)ccc2cccc(B3OC(C)(C)C(C)(CC)O3)c12. The zero-order valence-corrected chi connectivity index (χ0v) is 13.9. The monoisotopic (exact) mass is 310 g/mol. The van der Waals surface area contributed by atoms with Crippen molar-refractivity contribution in [2.75, 3.05) is 0 Å². The van der Waals surface area contributed by atoms with Crippen LogP contribution in [0.5, 0.6) is 0 Å². The highest BCUT2D eigenvalue weighted by Gasteiger charge is 2.53. The van der Waals surface area contributed by atoms with Crippen molar-refractivity contribution < 1.29 is 13.7 Å². The summed E-state index contributed by atoms with van der Waals surface area (Å²) < 4.78 is 26.5. The van der Waals surface area contributed by atoms with Gasteiger partial charge in [-0.2, -0.15) is 0 Å². The molecule has 0 radical (unpaired) electrons. The molecule has 0 spiro atoms. The van der Waals surface area contributed by atoms with E-state index >= 15 is 0 Å². The van der Waals surface area contributed by atoms with Crippen LogP contribution in [0.3, 0.4) is 0 Å². The van der Waals surface area contributed by atoms with Gasteiger partial charge >= 0.3 is 7.12 Å². The molecule has 0 saturated carbocycles. The molecule has 0 aromatic heterocycles. The van der Waals surface area contributed by atoms with Gasteiger partial charge in [0.05, 0.1) is 16.8 Å². The maximum Gasteiger partial charge on any atom is 0.495 e. The zero-order valence-electron chi connectivity index (χ0n) is 13.9. The highest BCUT2D eigenvalue weighted by molar-refractivity contribution is 6.65. The average molecular weight is 310 g/mol. The Balaban J connectivity index is 2.19. The van der Waals surface area contributed by atoms with E-state index in [0.717, 1.165) is 17.3 Å². The molecule has 0 aliphatic carbocycles. The van der Waals surface area contributed by atoms with Gasteiger partial charge in [0.15, 0.2) is 0 Å². The molecule has 0 N–H and O–H groups in total. The van der Waals surface area contributed by atoms with Crippen LogP contribution in [0.2, 0.25) is 0 Å². The molecule has 1 aliphatic rings. The molecule has 1 fully saturated rings. The third-order valence-electron chi connectivity index (χ3n) is 5.14. The number of halogens is 1. The van der Waals surface area contributed by atoms with Gasteiger partial charge in [-0.25, -0.2) is 4.39 Å². The van der Waals surface area contributed by atoms with E-state index < -0.39 is 24.1 Å². The van der Waals surface area contributed by atoms with E-state index in [1.54, 1.807) is 6.07 Å². The minimum Gasteiger partial charge on any atom is -0.399 e. The van der Waals surface area contributed by atoms with Crippen molar-refractivity contribution in [2.24, 2.45) is 0 Å². The Hall–Kier alpha value is -1.83. The van der Waals surface area contributed by atoms with Crippen molar-refractivity contribution in [3.8, 4) is 12.3 Å². The number of rotatable bonds is 2. The van der Waals surface area contributed by atoms with Crippen LogP contribution in [0, 0.1) is 18.2 Å². The van der Waals surface area contributed by atoms with Crippen LogP contribution in [-0.4, -0.2) is 18.3 Å². The number of fused-ring (bicyclic) bond motifs is 1. The summed E-state index contributed by atoms with van der Waals surface area (Å²) >= 11 is 0. The van der Waals surface area contributed by atoms with Crippen molar-refractivity contribution in [1.29, 1.82) is 0 Å². The highest BCUT2D eigenvalue weighted by atomic mass is 19.1. The van der Waals surface area contributed by atoms with E-state index in [4.69, 9.17) is 15.7 Å². The van der Waals surface area contributed by atoms with Crippen LogP contribution in [-0.2, 0) is 9.31 Å². The first-order valence-electron chi connectivity index (χ1n) is 7.86. The van der Waals surface area contributed by atoms with Gasteiger partial charge in [-0.15, -0.1) is 6.42 Å². The second-order valence-corrected chi connectivity index (χ2v) is 6.67. The second kappa shape index (κ2) is 5.37. The molecule has 23 heavy (non-hydrogen) atoms. The molecule has 118 valence electrons. The van der Waals surface area contributed by atoms with E-state index in [2.05, 4.69) is 12.8 Å². The van der Waals surface area contributed by atoms with Gasteiger partial charge in [-0.05, 0) is 44.1 Å². The molecule has 0 amide bonds. The lowest BCUT2D eigenvalue weighted by atomic mass is 9.75. The largest absolute Gasteiger partial charge is 0.495 e. The van der Waals surface area contributed by atoms with Gasteiger partial charge in [-0.1, -0.05) is 37.1 Å². The van der Waals surface area contributed by atoms with Gasteiger partial charge in [-0.3, -0.25) is 0 Å². The third-order valence-corrected chi connectivity index (χ3v) is 5.14. The quantitative estimate of drug-likeness (QED) is 0.623. The minimum absolute atomic E-state index is 0.258. The maximum atomic E-state index is 14.1. The predicted molar refractivity (Wildman–Crippen MR) is 92.2 cm³/mol. The Morgan fingerprint density at radius 2 is 1.91 bits per heavy atom. The van der Waals surface area contributed by atoms with Crippen LogP contribution >= 0.6 is 0 Å². The van der Waals surface area contributed by atoms with E-state index in [1.165, 1.54) is 6.07 Å². The lowest BCUT2D eigenvalue weighted by molar-refractivity contribution is -0.0118. The van der Waals surface area contributed by atoms with Crippen molar-refractivity contribution in [3.05, 3.63) is 41.7 Å². The summed E-state index contributed by atoms with van der Waals surface area (Å²) in [7, 11) is -0.562. The summed E-state index contributed by atoms with van der Waals surface area (Å²) in [5, 5.41) is 1.57. The van der Waals surface area contributed by atoms with E-state index in [9.17, 15) is 4.39 Å². The lowest BCUT2D eigenvalue weighted by Gasteiger charge is -2.35. The minimum atomic E-state index is -0.562. The summed E-state index contributed by atoms with van der Waals surface area (Å²) in [6, 6.07) is 8.85. The van der Waals surface area contributed by atoms with Crippen LogP contribution in [0.25, 0.3) is 10.8 Å². The molecule has 1 heterocycles. The molecule has 2 aromatic carbocycles. The summed E-state index contributed by atoms with van der Waals surface area (Å²) in [5.41, 5.74) is 0.176. The van der Waals surface area contributed by atoms with Crippen LogP contribution in [0.4, 0.5) is 4.39 Å². The first kappa shape index (κ1) is 16.0. The summed E-state index contributed by atoms with van der Waals surface area (Å²) in [6.07, 6.45) is 6.36. The lowest BCUT2D eigenvalue weighted by Crippen LogP contribution is -2.44. The zero-order chi connectivity index (χ0) is 16.8. The summed E-state index contributed by atoms with van der Waals surface area (Å²) in [6.45, 7) is 8.15. The summed E-state index contributed by atoms with van der Waals surface area (Å²) in [4.78, 5) is 0. The third kappa shape index (κ3) is 2.36. The Bertz CT molecular complexity index is 809. The molecule has 0 bridgehead atoms. The summed E-state index contributed by atoms with van der Waals surface area (Å²) in [5.74, 6) is 2.07. The Morgan fingerprint density at radius 1 is 1.17 bits per heavy atom. The molecular formula is C19H20BFO2. The molecule has 2 aromatic rings. The standard InChI is InChI=1S/C19H20BFO2/c1-6-14-16(21)12-11-13-9-8-10-15(17(13)14)20-22-18(3,4)19(5,7-2)23-20/h1,8-12H,7H2,2-5H3. The number of benzene rings is 2. The Morgan fingerprint density at radius 3 is 2.52 bits per heavy atom. The highest BCUT2D eigenvalue weighted by Crippen LogP contribution is 2.40. The maximum absolute atomic E-state index is 14.1. The van der Waals surface area contributed by atoms with E-state index in [-0.39, 0.29) is 5.56 Å². The van der Waals surface area contributed by atoms with E-state index in [1.807, 2.05) is 39.0 Å². The molecule has 1 atom stereocenters. The predicted octanol–water partition coefficient (Wildman–Crippen LogP) is 3.65. The van der Waals surface area contributed by atoms with Gasteiger partial charge in [0.25, 0.3) is 0 Å². The van der Waals surface area contributed by atoms with Crippen LogP contribution in [0.15, 0.2) is 30.3 Å². The molecule has 4 heteroatoms. The molecule has 2 nitrogen and oxygen atoms in total. The van der Waals surface area contributed by atoms with Gasteiger partial charge < -0.3 is 9.31 Å². The Kier molecular flexibility index (Phi) is 3.75. The second-order valence-electron chi connectivity index (χ2n) is 6.67. The van der Waals surface area contributed by atoms with Crippen LogP contribution < -0.4 is 5.46 Å². The fourth-order valence-corrected chi connectivity index (χ4v) is 3.15. The Labute approximate surface area is 137 Å². The number of terminal acetylenes is 1. The normalized spacial score (nSPS) is 23.2. The molecule has 1 aliphatic heterocycles. The van der Waals surface area contributed by atoms with Gasteiger partial charge in [0, 0.05) is 5.39 Å².